The molecule has 9 heteroatoms. The van der Waals surface area contributed by atoms with Gasteiger partial charge in [-0.3, -0.25) is 14.1 Å². The molecular formula is C17H21N3O5S. The second-order valence-corrected chi connectivity index (χ2v) is 7.35. The van der Waals surface area contributed by atoms with E-state index in [-0.39, 0.29) is 24.5 Å². The minimum absolute atomic E-state index is 0.254. The molecule has 26 heavy (non-hydrogen) atoms. The van der Waals surface area contributed by atoms with Gasteiger partial charge in [-0.25, -0.2) is 8.42 Å². The number of nitrogens with one attached hydrogen (secondary N) is 1. The molecule has 0 radical (unpaired) electrons. The predicted octanol–water partition coefficient (Wildman–Crippen LogP) is 1.18. The second-order valence-electron chi connectivity index (χ2n) is 5.45. The fourth-order valence-electron chi connectivity index (χ4n) is 2.26. The summed E-state index contributed by atoms with van der Waals surface area (Å²) in [4.78, 5) is 16.2. The van der Waals surface area contributed by atoms with E-state index in [1.807, 2.05) is 6.07 Å². The van der Waals surface area contributed by atoms with E-state index in [4.69, 9.17) is 9.47 Å². The fraction of sp³-hybridized carbons (Fsp3) is 0.294. The van der Waals surface area contributed by atoms with Crippen molar-refractivity contribution in [3.63, 3.8) is 0 Å². The molecule has 0 unspecified atom stereocenters. The molecule has 0 aliphatic carbocycles. The van der Waals surface area contributed by atoms with Gasteiger partial charge in [-0.2, -0.15) is 0 Å². The number of nitrogens with zero attached hydrogens (tertiary/aromatic N) is 2. The first-order chi connectivity index (χ1) is 12.3. The molecule has 0 bridgehead atoms. The molecule has 0 atom stereocenters. The van der Waals surface area contributed by atoms with E-state index in [1.54, 1.807) is 30.6 Å². The first-order valence-corrected chi connectivity index (χ1v) is 9.55. The van der Waals surface area contributed by atoms with Crippen LogP contribution in [0.1, 0.15) is 5.56 Å². The zero-order valence-corrected chi connectivity index (χ0v) is 15.6. The van der Waals surface area contributed by atoms with Crippen molar-refractivity contribution in [1.29, 1.82) is 0 Å². The van der Waals surface area contributed by atoms with Gasteiger partial charge in [-0.05, 0) is 23.8 Å². The second kappa shape index (κ2) is 8.52. The van der Waals surface area contributed by atoms with Crippen LogP contribution in [0.3, 0.4) is 0 Å². The number of pyridine rings is 1. The molecule has 8 nitrogen and oxygen atoms in total. The van der Waals surface area contributed by atoms with Crippen LogP contribution in [0, 0.1) is 0 Å². The molecule has 1 N–H and O–H groups in total. The highest BCUT2D eigenvalue weighted by Gasteiger charge is 2.24. The standard InChI is InChI=1S/C17H21N3O5S/c1-24-14-6-7-15(16(9-14)25-2)20(26(3,22)23)12-17(21)19-11-13-5-4-8-18-10-13/h4-10H,11-12H2,1-3H3,(H,19,21). The van der Waals surface area contributed by atoms with Gasteiger partial charge in [0.25, 0.3) is 0 Å². The monoisotopic (exact) mass is 379 g/mol. The van der Waals surface area contributed by atoms with Gasteiger partial charge in [0.05, 0.1) is 26.2 Å². The maximum Gasteiger partial charge on any atom is 0.241 e. The van der Waals surface area contributed by atoms with Gasteiger partial charge in [-0.1, -0.05) is 6.07 Å². The zero-order chi connectivity index (χ0) is 19.2. The Hall–Kier alpha value is -2.81. The van der Waals surface area contributed by atoms with Gasteiger partial charge in [0, 0.05) is 25.0 Å². The summed E-state index contributed by atoms with van der Waals surface area (Å²) in [6.07, 6.45) is 4.29. The molecule has 0 aliphatic rings. The first kappa shape index (κ1) is 19.5. The van der Waals surface area contributed by atoms with Crippen molar-refractivity contribution in [2.24, 2.45) is 0 Å². The molecule has 2 rings (SSSR count). The van der Waals surface area contributed by atoms with Crippen molar-refractivity contribution >= 4 is 21.6 Å². The predicted molar refractivity (Wildman–Crippen MR) is 97.8 cm³/mol. The number of amides is 1. The summed E-state index contributed by atoms with van der Waals surface area (Å²) >= 11 is 0. The van der Waals surface area contributed by atoms with Crippen molar-refractivity contribution < 1.29 is 22.7 Å². The Balaban J connectivity index is 2.19. The number of hydrogen-bond donors (Lipinski definition) is 1. The molecule has 1 aromatic heterocycles. The van der Waals surface area contributed by atoms with Crippen LogP contribution in [-0.2, 0) is 21.4 Å². The molecule has 140 valence electrons. The summed E-state index contributed by atoms with van der Waals surface area (Å²) in [5.74, 6) is 0.354. The summed E-state index contributed by atoms with van der Waals surface area (Å²) in [5.41, 5.74) is 1.07. The van der Waals surface area contributed by atoms with Crippen molar-refractivity contribution in [3.8, 4) is 11.5 Å². The van der Waals surface area contributed by atoms with E-state index in [1.165, 1.54) is 20.3 Å². The molecule has 0 fully saturated rings. The van der Waals surface area contributed by atoms with Crippen LogP contribution < -0.4 is 19.1 Å². The number of sulfonamides is 1. The number of benzene rings is 1. The molecule has 1 heterocycles. The molecule has 0 saturated carbocycles. The van der Waals surface area contributed by atoms with Crippen LogP contribution in [0.2, 0.25) is 0 Å². The number of aromatic nitrogens is 1. The summed E-state index contributed by atoms with van der Waals surface area (Å²) in [6.45, 7) is -0.119. The molecule has 2 aromatic rings. The summed E-state index contributed by atoms with van der Waals surface area (Å²) < 4.78 is 35.8. The quantitative estimate of drug-likeness (QED) is 0.740. The molecule has 1 aromatic carbocycles. The van der Waals surface area contributed by atoms with Crippen molar-refractivity contribution in [2.45, 2.75) is 6.54 Å². The van der Waals surface area contributed by atoms with Gasteiger partial charge < -0.3 is 14.8 Å². The highest BCUT2D eigenvalue weighted by Crippen LogP contribution is 2.33. The minimum Gasteiger partial charge on any atom is -0.497 e. The normalized spacial score (nSPS) is 10.9. The molecule has 0 aliphatic heterocycles. The van der Waals surface area contributed by atoms with E-state index in [9.17, 15) is 13.2 Å². The topological polar surface area (TPSA) is 97.8 Å². The van der Waals surface area contributed by atoms with Crippen LogP contribution in [0.25, 0.3) is 0 Å². The van der Waals surface area contributed by atoms with Gasteiger partial charge >= 0.3 is 0 Å². The Morgan fingerprint density at radius 2 is 2.00 bits per heavy atom. The van der Waals surface area contributed by atoms with Gasteiger partial charge in [0.15, 0.2) is 0 Å². The zero-order valence-electron chi connectivity index (χ0n) is 14.8. The molecule has 1 amide bonds. The van der Waals surface area contributed by atoms with Crippen molar-refractivity contribution in [2.75, 3.05) is 31.3 Å². The lowest BCUT2D eigenvalue weighted by Gasteiger charge is -2.24. The van der Waals surface area contributed by atoms with Crippen LogP contribution in [0.5, 0.6) is 11.5 Å². The van der Waals surface area contributed by atoms with Gasteiger partial charge in [0.1, 0.15) is 18.0 Å². The Morgan fingerprint density at radius 1 is 1.23 bits per heavy atom. The molecule has 0 spiro atoms. The average Bonchev–Trinajstić information content (AvgIpc) is 2.64. The van der Waals surface area contributed by atoms with Crippen molar-refractivity contribution in [1.82, 2.24) is 10.3 Å². The fourth-order valence-corrected chi connectivity index (χ4v) is 3.12. The number of carbonyl (C=O) groups is 1. The SMILES string of the molecule is COc1ccc(N(CC(=O)NCc2cccnc2)S(C)(=O)=O)c(OC)c1. The lowest BCUT2D eigenvalue weighted by Crippen LogP contribution is -2.40. The summed E-state index contributed by atoms with van der Waals surface area (Å²) in [7, 11) is -0.796. The average molecular weight is 379 g/mol. The number of anilines is 1. The van der Waals surface area contributed by atoms with E-state index in [0.717, 1.165) is 16.1 Å². The number of hydrogen-bond acceptors (Lipinski definition) is 6. The van der Waals surface area contributed by atoms with Crippen molar-refractivity contribution in [3.05, 3.63) is 48.3 Å². The highest BCUT2D eigenvalue weighted by molar-refractivity contribution is 7.92. The Kier molecular flexibility index (Phi) is 6.40. The maximum absolute atomic E-state index is 12.3. The van der Waals surface area contributed by atoms with E-state index in [2.05, 4.69) is 10.3 Å². The smallest absolute Gasteiger partial charge is 0.241 e. The van der Waals surface area contributed by atoms with Crippen LogP contribution in [0.4, 0.5) is 5.69 Å². The lowest BCUT2D eigenvalue weighted by molar-refractivity contribution is -0.119. The Labute approximate surface area is 152 Å². The highest BCUT2D eigenvalue weighted by atomic mass is 32.2. The minimum atomic E-state index is -3.71. The number of ether oxygens (including phenoxy) is 2. The Morgan fingerprint density at radius 3 is 2.58 bits per heavy atom. The Bertz CT molecular complexity index is 856. The van der Waals surface area contributed by atoms with Gasteiger partial charge in [-0.15, -0.1) is 0 Å². The number of methoxy groups -OCH3 is 2. The van der Waals surface area contributed by atoms with E-state index in [0.29, 0.717) is 5.75 Å². The number of rotatable bonds is 8. The third-order valence-corrected chi connectivity index (χ3v) is 4.68. The first-order valence-electron chi connectivity index (χ1n) is 7.70. The lowest BCUT2D eigenvalue weighted by atomic mass is 10.2. The maximum atomic E-state index is 12.3. The molecule has 0 saturated heterocycles. The third-order valence-electron chi connectivity index (χ3n) is 3.56. The van der Waals surface area contributed by atoms with Crippen LogP contribution in [0.15, 0.2) is 42.7 Å². The van der Waals surface area contributed by atoms with E-state index < -0.39 is 15.9 Å². The van der Waals surface area contributed by atoms with Crippen LogP contribution >= 0.6 is 0 Å². The van der Waals surface area contributed by atoms with E-state index >= 15 is 0 Å². The van der Waals surface area contributed by atoms with Crippen LogP contribution in [-0.4, -0.2) is 46.3 Å². The van der Waals surface area contributed by atoms with Gasteiger partial charge in [0.2, 0.25) is 15.9 Å². The summed E-state index contributed by atoms with van der Waals surface area (Å²) in [5, 5.41) is 2.68. The largest absolute Gasteiger partial charge is 0.497 e. The third kappa shape index (κ3) is 5.09. The summed E-state index contributed by atoms with van der Waals surface area (Å²) in [6, 6.07) is 8.26. The number of carbonyl (C=O) groups excluding carboxylic acids is 1. The molecular weight excluding hydrogens is 358 g/mol.